The molecule has 1 heterocycles. The van der Waals surface area contributed by atoms with E-state index in [1.807, 2.05) is 19.1 Å². The third kappa shape index (κ3) is 2.88. The molecular weight excluding hydrogens is 312 g/mol. The lowest BCUT2D eigenvalue weighted by atomic mass is 10.1. The minimum Gasteiger partial charge on any atom is -0.383 e. The summed E-state index contributed by atoms with van der Waals surface area (Å²) in [6.07, 6.45) is 2.63. The number of fused-ring (bicyclic) bond motifs is 1. The molecule has 2 aromatic rings. The molecule has 1 aliphatic rings. The van der Waals surface area contributed by atoms with Crippen molar-refractivity contribution in [3.8, 4) is 0 Å². The van der Waals surface area contributed by atoms with Crippen molar-refractivity contribution < 1.29 is 8.42 Å². The van der Waals surface area contributed by atoms with Gasteiger partial charge in [0, 0.05) is 5.56 Å². The molecule has 3 rings (SSSR count). The zero-order valence-corrected chi connectivity index (χ0v) is 14.3. The smallest absolute Gasteiger partial charge is 0.264 e. The van der Waals surface area contributed by atoms with Gasteiger partial charge in [0.25, 0.3) is 10.0 Å². The van der Waals surface area contributed by atoms with Gasteiger partial charge in [-0.15, -0.1) is 0 Å². The highest BCUT2D eigenvalue weighted by molar-refractivity contribution is 7.92. The Labute approximate surface area is 136 Å². The van der Waals surface area contributed by atoms with Crippen molar-refractivity contribution in [2.45, 2.75) is 44.9 Å². The third-order valence-electron chi connectivity index (χ3n) is 4.06. The first-order valence-electron chi connectivity index (χ1n) is 7.54. The van der Waals surface area contributed by atoms with E-state index in [4.69, 9.17) is 5.73 Å². The third-order valence-corrected chi connectivity index (χ3v) is 5.70. The first-order chi connectivity index (χ1) is 10.8. The second-order valence-corrected chi connectivity index (χ2v) is 7.66. The van der Waals surface area contributed by atoms with Crippen LogP contribution in [0.1, 0.15) is 34.4 Å². The molecule has 23 heavy (non-hydrogen) atoms. The van der Waals surface area contributed by atoms with Crippen molar-refractivity contribution in [3.05, 3.63) is 40.1 Å². The highest BCUT2D eigenvalue weighted by Crippen LogP contribution is 2.27. The maximum Gasteiger partial charge on any atom is 0.264 e. The molecule has 1 aromatic heterocycles. The van der Waals surface area contributed by atoms with E-state index in [0.717, 1.165) is 36.1 Å². The highest BCUT2D eigenvalue weighted by atomic mass is 32.2. The Bertz CT molecular complexity index is 868. The van der Waals surface area contributed by atoms with Gasteiger partial charge in [-0.3, -0.25) is 0 Å². The van der Waals surface area contributed by atoms with E-state index in [2.05, 4.69) is 14.7 Å². The molecule has 0 atom stereocenters. The Kier molecular flexibility index (Phi) is 3.75. The molecule has 0 aliphatic heterocycles. The van der Waals surface area contributed by atoms with Gasteiger partial charge in [-0.25, -0.2) is 18.1 Å². The standard InChI is InChI=1S/C16H20N4O2S/c1-9-7-10(2)14(11(3)8-9)23(21,22)20-16-18-13-6-4-5-12(13)15(17)19-16/h7-8H,4-6H2,1-3H3,(H3,17,18,19,20). The van der Waals surface area contributed by atoms with E-state index in [-0.39, 0.29) is 10.8 Å². The van der Waals surface area contributed by atoms with E-state index in [0.29, 0.717) is 16.9 Å². The number of nitrogens with two attached hydrogens (primary N) is 1. The van der Waals surface area contributed by atoms with Gasteiger partial charge in [0.15, 0.2) is 0 Å². The average Bonchev–Trinajstić information content (AvgIpc) is 2.84. The fourth-order valence-electron chi connectivity index (χ4n) is 3.27. The topological polar surface area (TPSA) is 98.0 Å². The first-order valence-corrected chi connectivity index (χ1v) is 9.02. The monoisotopic (exact) mass is 332 g/mol. The van der Waals surface area contributed by atoms with Gasteiger partial charge in [0.05, 0.1) is 10.6 Å². The van der Waals surface area contributed by atoms with E-state index in [1.165, 1.54) is 0 Å². The molecule has 7 heteroatoms. The van der Waals surface area contributed by atoms with Crippen molar-refractivity contribution in [2.24, 2.45) is 0 Å². The van der Waals surface area contributed by atoms with Crippen LogP contribution in [0, 0.1) is 20.8 Å². The fraction of sp³-hybridized carbons (Fsp3) is 0.375. The predicted octanol–water partition coefficient (Wildman–Crippen LogP) is 2.27. The Hall–Kier alpha value is -2.15. The number of nitrogens with zero attached hydrogens (tertiary/aromatic N) is 2. The van der Waals surface area contributed by atoms with Crippen molar-refractivity contribution in [1.82, 2.24) is 9.97 Å². The second-order valence-electron chi connectivity index (χ2n) is 6.04. The molecule has 0 spiro atoms. The van der Waals surface area contributed by atoms with E-state index >= 15 is 0 Å². The molecule has 6 nitrogen and oxygen atoms in total. The van der Waals surface area contributed by atoms with Crippen LogP contribution in [-0.2, 0) is 22.9 Å². The summed E-state index contributed by atoms with van der Waals surface area (Å²) in [4.78, 5) is 8.70. The van der Waals surface area contributed by atoms with Crippen LogP contribution in [0.25, 0.3) is 0 Å². The summed E-state index contributed by atoms with van der Waals surface area (Å²) in [6.45, 7) is 5.51. The largest absolute Gasteiger partial charge is 0.383 e. The molecule has 0 unspecified atom stereocenters. The van der Waals surface area contributed by atoms with Crippen LogP contribution in [-0.4, -0.2) is 18.4 Å². The van der Waals surface area contributed by atoms with Crippen LogP contribution < -0.4 is 10.5 Å². The summed E-state index contributed by atoms with van der Waals surface area (Å²) in [6, 6.07) is 3.69. The number of anilines is 2. The van der Waals surface area contributed by atoms with Gasteiger partial charge >= 0.3 is 0 Å². The van der Waals surface area contributed by atoms with Gasteiger partial charge < -0.3 is 5.73 Å². The van der Waals surface area contributed by atoms with Gasteiger partial charge in [-0.2, -0.15) is 4.98 Å². The number of aryl methyl sites for hydroxylation is 4. The summed E-state index contributed by atoms with van der Waals surface area (Å²) in [5.74, 6) is 0.407. The van der Waals surface area contributed by atoms with Crippen molar-refractivity contribution in [2.75, 3.05) is 10.5 Å². The van der Waals surface area contributed by atoms with Crippen molar-refractivity contribution >= 4 is 21.8 Å². The van der Waals surface area contributed by atoms with Crippen LogP contribution in [0.3, 0.4) is 0 Å². The van der Waals surface area contributed by atoms with Crippen LogP contribution >= 0.6 is 0 Å². The maximum atomic E-state index is 12.7. The highest BCUT2D eigenvalue weighted by Gasteiger charge is 2.23. The van der Waals surface area contributed by atoms with Crippen LogP contribution in [0.4, 0.5) is 11.8 Å². The van der Waals surface area contributed by atoms with Gasteiger partial charge in [0.1, 0.15) is 5.82 Å². The van der Waals surface area contributed by atoms with E-state index in [1.54, 1.807) is 13.8 Å². The minimum atomic E-state index is -3.76. The number of sulfonamides is 1. The molecule has 0 fully saturated rings. The number of benzene rings is 1. The maximum absolute atomic E-state index is 12.7. The Morgan fingerprint density at radius 1 is 1.09 bits per heavy atom. The van der Waals surface area contributed by atoms with Crippen LogP contribution in [0.15, 0.2) is 17.0 Å². The lowest BCUT2D eigenvalue weighted by molar-refractivity contribution is 0.599. The molecule has 0 saturated carbocycles. The summed E-state index contributed by atoms with van der Waals surface area (Å²) in [7, 11) is -3.76. The van der Waals surface area contributed by atoms with Crippen molar-refractivity contribution in [3.63, 3.8) is 0 Å². The average molecular weight is 332 g/mol. The Morgan fingerprint density at radius 3 is 2.39 bits per heavy atom. The first kappa shape index (κ1) is 15.7. The quantitative estimate of drug-likeness (QED) is 0.898. The number of rotatable bonds is 3. The van der Waals surface area contributed by atoms with Gasteiger partial charge in [0.2, 0.25) is 5.95 Å². The number of hydrogen-bond donors (Lipinski definition) is 2. The SMILES string of the molecule is Cc1cc(C)c(S(=O)(=O)Nc2nc(N)c3c(n2)CCC3)c(C)c1. The summed E-state index contributed by atoms with van der Waals surface area (Å²) >= 11 is 0. The fourth-order valence-corrected chi connectivity index (χ4v) is 4.67. The molecule has 0 amide bonds. The summed E-state index contributed by atoms with van der Waals surface area (Å²) in [5.41, 5.74) is 10.1. The van der Waals surface area contributed by atoms with E-state index < -0.39 is 10.0 Å². The molecule has 0 saturated heterocycles. The molecular formula is C16H20N4O2S. The molecule has 1 aliphatic carbocycles. The minimum absolute atomic E-state index is 0.0440. The molecule has 1 aromatic carbocycles. The number of hydrogen-bond acceptors (Lipinski definition) is 5. The summed E-state index contributed by atoms with van der Waals surface area (Å²) < 4.78 is 27.9. The van der Waals surface area contributed by atoms with Crippen LogP contribution in [0.2, 0.25) is 0 Å². The molecule has 3 N–H and O–H groups in total. The lowest BCUT2D eigenvalue weighted by Gasteiger charge is -2.14. The van der Waals surface area contributed by atoms with Gasteiger partial charge in [-0.1, -0.05) is 17.7 Å². The normalized spacial score (nSPS) is 13.9. The number of aromatic nitrogens is 2. The number of nitrogen functional groups attached to an aromatic ring is 1. The molecule has 0 radical (unpaired) electrons. The molecule has 122 valence electrons. The van der Waals surface area contributed by atoms with Crippen LogP contribution in [0.5, 0.6) is 0 Å². The van der Waals surface area contributed by atoms with E-state index in [9.17, 15) is 8.42 Å². The predicted molar refractivity (Wildman–Crippen MR) is 89.9 cm³/mol. The van der Waals surface area contributed by atoms with Gasteiger partial charge in [-0.05, 0) is 51.2 Å². The number of nitrogens with one attached hydrogen (secondary N) is 1. The summed E-state index contributed by atoms with van der Waals surface area (Å²) in [5, 5.41) is 0. The Morgan fingerprint density at radius 2 is 1.74 bits per heavy atom. The lowest BCUT2D eigenvalue weighted by Crippen LogP contribution is -2.18. The second kappa shape index (κ2) is 5.49. The van der Waals surface area contributed by atoms with Crippen molar-refractivity contribution in [1.29, 1.82) is 0 Å². The Balaban J connectivity index is 2.01. The zero-order valence-electron chi connectivity index (χ0n) is 13.5. The zero-order chi connectivity index (χ0) is 16.8. The molecule has 0 bridgehead atoms.